The summed E-state index contributed by atoms with van der Waals surface area (Å²) in [4.78, 5) is 4.05. The summed E-state index contributed by atoms with van der Waals surface area (Å²) in [6.45, 7) is 0.164. The molecule has 1 heterocycles. The van der Waals surface area contributed by atoms with Crippen molar-refractivity contribution in [2.75, 3.05) is 5.88 Å². The molecule has 0 aliphatic heterocycles. The van der Waals surface area contributed by atoms with Crippen molar-refractivity contribution in [3.8, 4) is 17.6 Å². The van der Waals surface area contributed by atoms with Crippen LogP contribution in [0.1, 0.15) is 17.5 Å². The Morgan fingerprint density at radius 2 is 2.14 bits per heavy atom. The molecule has 0 saturated heterocycles. The van der Waals surface area contributed by atoms with E-state index < -0.39 is 5.82 Å². The van der Waals surface area contributed by atoms with Crippen LogP contribution in [0.5, 0.6) is 5.75 Å². The molecule has 0 spiro atoms. The molecule has 5 heteroatoms. The van der Waals surface area contributed by atoms with Gasteiger partial charge in [-0.25, -0.2) is 4.39 Å². The van der Waals surface area contributed by atoms with Gasteiger partial charge in [0.05, 0.1) is 11.2 Å². The van der Waals surface area contributed by atoms with Crippen molar-refractivity contribution < 1.29 is 9.13 Å². The van der Waals surface area contributed by atoms with Crippen LogP contribution in [0, 0.1) is 17.7 Å². The minimum Gasteiger partial charge on any atom is -0.487 e. The van der Waals surface area contributed by atoms with E-state index in [0.717, 1.165) is 5.56 Å². The van der Waals surface area contributed by atoms with Crippen LogP contribution in [0.3, 0.4) is 0 Å². The van der Waals surface area contributed by atoms with Crippen LogP contribution in [-0.2, 0) is 6.61 Å². The zero-order valence-corrected chi connectivity index (χ0v) is 12.6. The molecule has 0 amide bonds. The van der Waals surface area contributed by atoms with Gasteiger partial charge in [0.25, 0.3) is 0 Å². The van der Waals surface area contributed by atoms with Crippen molar-refractivity contribution in [3.63, 3.8) is 0 Å². The third-order valence-electron chi connectivity index (χ3n) is 2.59. The molecule has 0 atom stereocenters. The van der Waals surface area contributed by atoms with Crippen LogP contribution in [0.15, 0.2) is 36.7 Å². The van der Waals surface area contributed by atoms with Gasteiger partial charge in [-0.15, -0.1) is 11.6 Å². The van der Waals surface area contributed by atoms with E-state index in [1.165, 1.54) is 6.07 Å². The monoisotopic (exact) mass is 323 g/mol. The number of hydrogen-bond acceptors (Lipinski definition) is 2. The van der Waals surface area contributed by atoms with Crippen LogP contribution >= 0.6 is 23.2 Å². The number of halogens is 3. The third-order valence-corrected chi connectivity index (χ3v) is 3.20. The van der Waals surface area contributed by atoms with Gasteiger partial charge in [-0.3, -0.25) is 4.98 Å². The maximum atomic E-state index is 13.3. The van der Waals surface area contributed by atoms with Gasteiger partial charge in [-0.1, -0.05) is 35.6 Å². The quantitative estimate of drug-likeness (QED) is 0.613. The van der Waals surface area contributed by atoms with Crippen LogP contribution in [-0.4, -0.2) is 10.9 Å². The Morgan fingerprint density at radius 1 is 1.29 bits per heavy atom. The Hall–Kier alpha value is -1.76. The maximum Gasteiger partial charge on any atom is 0.142 e. The number of pyridine rings is 1. The molecule has 0 N–H and O–H groups in total. The molecular weight excluding hydrogens is 312 g/mol. The lowest BCUT2D eigenvalue weighted by Crippen LogP contribution is -1.98. The summed E-state index contributed by atoms with van der Waals surface area (Å²) in [5.74, 6) is 6.44. The molecule has 0 unspecified atom stereocenters. The van der Waals surface area contributed by atoms with Gasteiger partial charge < -0.3 is 4.74 Å². The lowest BCUT2D eigenvalue weighted by Gasteiger charge is -2.08. The third kappa shape index (κ3) is 4.63. The predicted octanol–water partition coefficient (Wildman–Crippen LogP) is 4.43. The summed E-state index contributed by atoms with van der Waals surface area (Å²) in [5.41, 5.74) is 1.32. The van der Waals surface area contributed by atoms with E-state index in [2.05, 4.69) is 16.8 Å². The summed E-state index contributed by atoms with van der Waals surface area (Å²) >= 11 is 11.4. The Kier molecular flexibility index (Phi) is 5.86. The SMILES string of the molecule is Fc1cccc(COc2cncc(C#CCCCl)c2)c1Cl. The first-order valence-electron chi connectivity index (χ1n) is 6.26. The van der Waals surface area contributed by atoms with Crippen molar-refractivity contribution >= 4 is 23.2 Å². The number of hydrogen-bond donors (Lipinski definition) is 0. The van der Waals surface area contributed by atoms with E-state index in [4.69, 9.17) is 27.9 Å². The smallest absolute Gasteiger partial charge is 0.142 e. The average Bonchev–Trinajstić information content (AvgIpc) is 2.50. The van der Waals surface area contributed by atoms with E-state index >= 15 is 0 Å². The summed E-state index contributed by atoms with van der Waals surface area (Å²) in [7, 11) is 0. The fourth-order valence-electron chi connectivity index (χ4n) is 1.60. The van der Waals surface area contributed by atoms with Crippen LogP contribution in [0.25, 0.3) is 0 Å². The number of rotatable bonds is 4. The lowest BCUT2D eigenvalue weighted by molar-refractivity contribution is 0.304. The van der Waals surface area contributed by atoms with Crippen molar-refractivity contribution in [3.05, 3.63) is 58.6 Å². The summed E-state index contributed by atoms with van der Waals surface area (Å²) in [6, 6.07) is 6.37. The average molecular weight is 324 g/mol. The summed E-state index contributed by atoms with van der Waals surface area (Å²) < 4.78 is 18.9. The van der Waals surface area contributed by atoms with Crippen LogP contribution in [0.2, 0.25) is 5.02 Å². The highest BCUT2D eigenvalue weighted by Crippen LogP contribution is 2.21. The van der Waals surface area contributed by atoms with Crippen molar-refractivity contribution in [1.82, 2.24) is 4.98 Å². The summed E-state index contributed by atoms with van der Waals surface area (Å²) in [6.07, 6.45) is 3.83. The van der Waals surface area contributed by atoms with E-state index in [1.54, 1.807) is 30.6 Å². The van der Waals surface area contributed by atoms with Gasteiger partial charge in [0, 0.05) is 29.6 Å². The first-order chi connectivity index (χ1) is 10.2. The molecule has 2 nitrogen and oxygen atoms in total. The van der Waals surface area contributed by atoms with Gasteiger partial charge in [-0.05, 0) is 12.1 Å². The Morgan fingerprint density at radius 3 is 2.95 bits per heavy atom. The second kappa shape index (κ2) is 7.87. The molecule has 0 radical (unpaired) electrons. The summed E-state index contributed by atoms with van der Waals surface area (Å²) in [5, 5.41) is 0.0727. The standard InChI is InChI=1S/C16H12Cl2FNO/c17-7-2-1-4-12-8-14(10-20-9-12)21-11-13-5-3-6-15(19)16(13)18/h3,5-6,8-10H,2,7,11H2. The molecule has 108 valence electrons. The fraction of sp³-hybridized carbons (Fsp3) is 0.188. The molecule has 0 fully saturated rings. The largest absolute Gasteiger partial charge is 0.487 e. The van der Waals surface area contributed by atoms with Gasteiger partial charge in [0.15, 0.2) is 0 Å². The molecule has 2 rings (SSSR count). The molecule has 0 bridgehead atoms. The predicted molar refractivity (Wildman–Crippen MR) is 82.2 cm³/mol. The Balaban J connectivity index is 2.05. The maximum absolute atomic E-state index is 13.3. The first kappa shape index (κ1) is 15.6. The molecule has 1 aromatic carbocycles. The Bertz CT molecular complexity index is 679. The minimum atomic E-state index is -0.461. The molecule has 21 heavy (non-hydrogen) atoms. The molecule has 0 aliphatic rings. The highest BCUT2D eigenvalue weighted by molar-refractivity contribution is 6.31. The van der Waals surface area contributed by atoms with Crippen molar-refractivity contribution in [2.24, 2.45) is 0 Å². The molecule has 1 aromatic heterocycles. The molecule has 2 aromatic rings. The van der Waals surface area contributed by atoms with E-state index in [9.17, 15) is 4.39 Å². The van der Waals surface area contributed by atoms with Crippen molar-refractivity contribution in [1.29, 1.82) is 0 Å². The van der Waals surface area contributed by atoms with Crippen LogP contribution in [0.4, 0.5) is 4.39 Å². The molecule has 0 aliphatic carbocycles. The normalized spacial score (nSPS) is 9.86. The van der Waals surface area contributed by atoms with Gasteiger partial charge in [-0.2, -0.15) is 0 Å². The van der Waals surface area contributed by atoms with Crippen molar-refractivity contribution in [2.45, 2.75) is 13.0 Å². The highest BCUT2D eigenvalue weighted by Gasteiger charge is 2.06. The molecular formula is C16H12Cl2FNO. The number of ether oxygens (including phenoxy) is 1. The highest BCUT2D eigenvalue weighted by atomic mass is 35.5. The molecule has 0 saturated carbocycles. The number of alkyl halides is 1. The topological polar surface area (TPSA) is 22.1 Å². The Labute approximate surface area is 132 Å². The second-order valence-electron chi connectivity index (χ2n) is 4.15. The van der Waals surface area contributed by atoms with Gasteiger partial charge in [0.1, 0.15) is 18.2 Å². The second-order valence-corrected chi connectivity index (χ2v) is 4.91. The lowest BCUT2D eigenvalue weighted by atomic mass is 10.2. The van der Waals surface area contributed by atoms with Gasteiger partial charge in [0.2, 0.25) is 0 Å². The zero-order valence-electron chi connectivity index (χ0n) is 11.1. The number of benzene rings is 1. The number of aromatic nitrogens is 1. The first-order valence-corrected chi connectivity index (χ1v) is 7.17. The van der Waals surface area contributed by atoms with E-state index in [1.807, 2.05) is 0 Å². The van der Waals surface area contributed by atoms with Gasteiger partial charge >= 0.3 is 0 Å². The van der Waals surface area contributed by atoms with E-state index in [0.29, 0.717) is 23.6 Å². The minimum absolute atomic E-state index is 0.0727. The van der Waals surface area contributed by atoms with E-state index in [-0.39, 0.29) is 11.6 Å². The zero-order chi connectivity index (χ0) is 15.1. The number of nitrogens with zero attached hydrogens (tertiary/aromatic N) is 1. The fourth-order valence-corrected chi connectivity index (χ4v) is 1.87. The van der Waals surface area contributed by atoms with Crippen LogP contribution < -0.4 is 4.74 Å².